The lowest BCUT2D eigenvalue weighted by Crippen LogP contribution is -2.30. The Hall–Kier alpha value is -1.47. The molecule has 112 valence electrons. The lowest BCUT2D eigenvalue weighted by atomic mass is 10.1. The number of hydrogen-bond acceptors (Lipinski definition) is 3. The molecule has 2 aromatic rings. The van der Waals surface area contributed by atoms with Gasteiger partial charge in [0.15, 0.2) is 0 Å². The van der Waals surface area contributed by atoms with Gasteiger partial charge in [0.25, 0.3) is 5.56 Å². The Morgan fingerprint density at radius 3 is 2.43 bits per heavy atom. The molecule has 0 aliphatic carbocycles. The third-order valence-electron chi connectivity index (χ3n) is 2.71. The van der Waals surface area contributed by atoms with Gasteiger partial charge < -0.3 is 0 Å². The zero-order valence-corrected chi connectivity index (χ0v) is 12.4. The highest BCUT2D eigenvalue weighted by Gasteiger charge is 2.29. The molecule has 0 aliphatic heterocycles. The molecule has 0 atom stereocenters. The first-order chi connectivity index (χ1) is 9.81. The van der Waals surface area contributed by atoms with E-state index in [0.717, 1.165) is 4.90 Å². The van der Waals surface area contributed by atoms with E-state index in [1.807, 2.05) is 18.4 Å². The lowest BCUT2D eigenvalue weighted by molar-refractivity contribution is -0.143. The Morgan fingerprint density at radius 2 is 1.90 bits per heavy atom. The van der Waals surface area contributed by atoms with E-state index in [1.165, 1.54) is 6.20 Å². The quantitative estimate of drug-likeness (QED) is 0.800. The van der Waals surface area contributed by atoms with Crippen LogP contribution in [0.5, 0.6) is 0 Å². The third kappa shape index (κ3) is 3.79. The maximum absolute atomic E-state index is 12.3. The molecule has 0 saturated carbocycles. The smallest absolute Gasteiger partial charge is 0.266 e. The Bertz CT molecular complexity index is 698. The summed E-state index contributed by atoms with van der Waals surface area (Å²) in [7, 11) is 0. The van der Waals surface area contributed by atoms with E-state index in [9.17, 15) is 18.0 Å². The summed E-state index contributed by atoms with van der Waals surface area (Å²) in [6.45, 7) is -1.46. The maximum atomic E-state index is 12.3. The highest BCUT2D eigenvalue weighted by molar-refractivity contribution is 7.98. The van der Waals surface area contributed by atoms with Crippen LogP contribution in [0.1, 0.15) is 0 Å². The van der Waals surface area contributed by atoms with E-state index in [4.69, 9.17) is 11.6 Å². The van der Waals surface area contributed by atoms with Crippen LogP contribution in [-0.4, -0.2) is 22.2 Å². The van der Waals surface area contributed by atoms with Crippen LogP contribution in [0.4, 0.5) is 13.2 Å². The van der Waals surface area contributed by atoms with Crippen LogP contribution in [0, 0.1) is 0 Å². The molecule has 3 nitrogen and oxygen atoms in total. The number of thioether (sulfide) groups is 1. The molecule has 0 aliphatic rings. The summed E-state index contributed by atoms with van der Waals surface area (Å²) in [5.41, 5.74) is -0.0188. The minimum absolute atomic E-state index is 0.272. The summed E-state index contributed by atoms with van der Waals surface area (Å²) in [6.07, 6.45) is -1.44. The number of rotatable bonds is 3. The standard InChI is InChI=1S/C13H10ClF3N2OS/c1-21-9-4-2-8(3-5-9)10-6-18-19(7-13(15,16)17)12(20)11(10)14/h2-6H,7H2,1H3. The normalized spacial score (nSPS) is 11.7. The largest absolute Gasteiger partial charge is 0.408 e. The van der Waals surface area contributed by atoms with Crippen molar-refractivity contribution in [3.05, 3.63) is 45.8 Å². The zero-order valence-electron chi connectivity index (χ0n) is 10.8. The van der Waals surface area contributed by atoms with Gasteiger partial charge in [-0.05, 0) is 24.0 Å². The molecule has 0 saturated heterocycles. The number of hydrogen-bond donors (Lipinski definition) is 0. The summed E-state index contributed by atoms with van der Waals surface area (Å²) >= 11 is 7.44. The fourth-order valence-electron chi connectivity index (χ4n) is 1.72. The van der Waals surface area contributed by atoms with Crippen molar-refractivity contribution < 1.29 is 13.2 Å². The number of nitrogens with zero attached hydrogens (tertiary/aromatic N) is 2. The van der Waals surface area contributed by atoms with Crippen LogP contribution in [0.3, 0.4) is 0 Å². The summed E-state index contributed by atoms with van der Waals surface area (Å²) in [5, 5.41) is 3.27. The predicted octanol–water partition coefficient (Wildman–Crippen LogP) is 3.85. The SMILES string of the molecule is CSc1ccc(-c2cnn(CC(F)(F)F)c(=O)c2Cl)cc1. The van der Waals surface area contributed by atoms with Crippen LogP contribution in [0.2, 0.25) is 5.02 Å². The monoisotopic (exact) mass is 334 g/mol. The number of alkyl halides is 3. The fourth-order valence-corrected chi connectivity index (χ4v) is 2.38. The third-order valence-corrected chi connectivity index (χ3v) is 3.82. The van der Waals surface area contributed by atoms with Crippen molar-refractivity contribution in [2.75, 3.05) is 6.26 Å². The lowest BCUT2D eigenvalue weighted by Gasteiger charge is -2.10. The van der Waals surface area contributed by atoms with Crippen LogP contribution in [0.15, 0.2) is 40.2 Å². The first-order valence-corrected chi connectivity index (χ1v) is 7.39. The molecule has 21 heavy (non-hydrogen) atoms. The molecule has 1 aromatic heterocycles. The second-order valence-corrected chi connectivity index (χ2v) is 5.44. The van der Waals surface area contributed by atoms with Gasteiger partial charge in [-0.1, -0.05) is 23.7 Å². The fraction of sp³-hybridized carbons (Fsp3) is 0.231. The molecule has 1 heterocycles. The first kappa shape index (κ1) is 15.9. The molecule has 2 rings (SSSR count). The minimum Gasteiger partial charge on any atom is -0.266 e. The van der Waals surface area contributed by atoms with Gasteiger partial charge in [0.1, 0.15) is 11.6 Å². The van der Waals surface area contributed by atoms with Crippen molar-refractivity contribution in [3.8, 4) is 11.1 Å². The van der Waals surface area contributed by atoms with Gasteiger partial charge in [-0.2, -0.15) is 18.3 Å². The van der Waals surface area contributed by atoms with Crippen LogP contribution >= 0.6 is 23.4 Å². The Morgan fingerprint density at radius 1 is 1.29 bits per heavy atom. The Balaban J connectivity index is 2.42. The van der Waals surface area contributed by atoms with Gasteiger partial charge in [0, 0.05) is 10.5 Å². The number of aromatic nitrogens is 2. The molecule has 0 amide bonds. The van der Waals surface area contributed by atoms with Crippen molar-refractivity contribution in [1.29, 1.82) is 0 Å². The van der Waals surface area contributed by atoms with E-state index >= 15 is 0 Å². The van der Waals surface area contributed by atoms with Gasteiger partial charge in [-0.3, -0.25) is 4.79 Å². The van der Waals surface area contributed by atoms with Gasteiger partial charge in [0.2, 0.25) is 0 Å². The Kier molecular flexibility index (Phi) is 4.63. The van der Waals surface area contributed by atoms with Crippen LogP contribution in [-0.2, 0) is 6.54 Å². The zero-order chi connectivity index (χ0) is 15.6. The van der Waals surface area contributed by atoms with Gasteiger partial charge in [-0.25, -0.2) is 4.68 Å². The summed E-state index contributed by atoms with van der Waals surface area (Å²) in [6, 6.07) is 7.14. The topological polar surface area (TPSA) is 34.9 Å². The summed E-state index contributed by atoms with van der Waals surface area (Å²) in [4.78, 5) is 12.8. The molecule has 0 radical (unpaired) electrons. The van der Waals surface area contributed by atoms with Crippen LogP contribution in [0.25, 0.3) is 11.1 Å². The first-order valence-electron chi connectivity index (χ1n) is 5.78. The second kappa shape index (κ2) is 6.11. The van der Waals surface area contributed by atoms with Crippen LogP contribution < -0.4 is 5.56 Å². The van der Waals surface area contributed by atoms with Gasteiger partial charge in [-0.15, -0.1) is 11.8 Å². The maximum Gasteiger partial charge on any atom is 0.408 e. The number of benzene rings is 1. The highest BCUT2D eigenvalue weighted by Crippen LogP contribution is 2.26. The Labute approximate surface area is 127 Å². The summed E-state index contributed by atoms with van der Waals surface area (Å²) in [5.74, 6) is 0. The molecule has 0 fully saturated rings. The minimum atomic E-state index is -4.53. The molecule has 0 bridgehead atoms. The van der Waals surface area contributed by atoms with Crippen molar-refractivity contribution in [1.82, 2.24) is 9.78 Å². The van der Waals surface area contributed by atoms with Crippen molar-refractivity contribution in [2.24, 2.45) is 0 Å². The van der Waals surface area contributed by atoms with E-state index < -0.39 is 18.3 Å². The predicted molar refractivity (Wildman–Crippen MR) is 76.8 cm³/mol. The van der Waals surface area contributed by atoms with E-state index in [1.54, 1.807) is 23.9 Å². The molecule has 1 aromatic carbocycles. The second-order valence-electron chi connectivity index (χ2n) is 4.18. The van der Waals surface area contributed by atoms with E-state index in [0.29, 0.717) is 15.8 Å². The molecular formula is C13H10ClF3N2OS. The molecule has 0 N–H and O–H groups in total. The molecule has 8 heteroatoms. The molecule has 0 unspecified atom stereocenters. The van der Waals surface area contributed by atoms with Crippen molar-refractivity contribution in [3.63, 3.8) is 0 Å². The molecule has 0 spiro atoms. The van der Waals surface area contributed by atoms with Crippen molar-refractivity contribution in [2.45, 2.75) is 17.6 Å². The molecular weight excluding hydrogens is 325 g/mol. The highest BCUT2D eigenvalue weighted by atomic mass is 35.5. The average Bonchev–Trinajstić information content (AvgIpc) is 2.43. The van der Waals surface area contributed by atoms with Crippen molar-refractivity contribution >= 4 is 23.4 Å². The van der Waals surface area contributed by atoms with E-state index in [2.05, 4.69) is 5.10 Å². The number of halogens is 4. The van der Waals surface area contributed by atoms with Gasteiger partial charge in [0.05, 0.1) is 6.20 Å². The van der Waals surface area contributed by atoms with Gasteiger partial charge >= 0.3 is 6.18 Å². The summed E-state index contributed by atoms with van der Waals surface area (Å²) < 4.78 is 37.3. The van der Waals surface area contributed by atoms with E-state index in [-0.39, 0.29) is 5.02 Å². The average molecular weight is 335 g/mol.